The van der Waals surface area contributed by atoms with Crippen LogP contribution in [0.3, 0.4) is 0 Å². The highest BCUT2D eigenvalue weighted by Crippen LogP contribution is 2.16. The highest BCUT2D eigenvalue weighted by Gasteiger charge is 2.18. The second-order valence-corrected chi connectivity index (χ2v) is 6.74. The lowest BCUT2D eigenvalue weighted by Gasteiger charge is -2.32. The van der Waals surface area contributed by atoms with Crippen LogP contribution in [0.25, 0.3) is 0 Å². The van der Waals surface area contributed by atoms with Crippen molar-refractivity contribution in [2.75, 3.05) is 32.0 Å². The van der Waals surface area contributed by atoms with Gasteiger partial charge in [0.15, 0.2) is 5.96 Å². The zero-order chi connectivity index (χ0) is 17.4. The van der Waals surface area contributed by atoms with Crippen LogP contribution in [0.1, 0.15) is 32.6 Å². The van der Waals surface area contributed by atoms with Crippen LogP contribution in [-0.2, 0) is 4.79 Å². The van der Waals surface area contributed by atoms with E-state index in [1.165, 1.54) is 12.8 Å². The first-order valence-electron chi connectivity index (χ1n) is 8.59. The molecule has 0 bridgehead atoms. The lowest BCUT2D eigenvalue weighted by molar-refractivity contribution is -0.116. The van der Waals surface area contributed by atoms with E-state index in [2.05, 4.69) is 27.4 Å². The van der Waals surface area contributed by atoms with Crippen LogP contribution in [0, 0.1) is 5.92 Å². The number of carbonyl (C=O) groups is 1. The molecular weight excluding hydrogens is 324 g/mol. The second kappa shape index (κ2) is 9.52. The van der Waals surface area contributed by atoms with Gasteiger partial charge >= 0.3 is 0 Å². The Kier molecular flexibility index (Phi) is 7.37. The third-order valence-corrected chi connectivity index (χ3v) is 4.54. The number of aliphatic imine (C=N–C) groups is 1. The van der Waals surface area contributed by atoms with Crippen LogP contribution in [-0.4, -0.2) is 43.4 Å². The van der Waals surface area contributed by atoms with Crippen molar-refractivity contribution in [2.45, 2.75) is 32.6 Å². The largest absolute Gasteiger partial charge is 0.356 e. The van der Waals surface area contributed by atoms with Gasteiger partial charge in [-0.05, 0) is 49.4 Å². The summed E-state index contributed by atoms with van der Waals surface area (Å²) in [5, 5.41) is 6.90. The number of piperidine rings is 1. The minimum Gasteiger partial charge on any atom is -0.356 e. The van der Waals surface area contributed by atoms with E-state index in [9.17, 15) is 4.79 Å². The van der Waals surface area contributed by atoms with Crippen molar-refractivity contribution in [3.05, 3.63) is 29.3 Å². The summed E-state index contributed by atoms with van der Waals surface area (Å²) in [6, 6.07) is 7.14. The maximum absolute atomic E-state index is 11.9. The molecule has 0 unspecified atom stereocenters. The van der Waals surface area contributed by atoms with Gasteiger partial charge in [-0.2, -0.15) is 0 Å². The van der Waals surface area contributed by atoms with Crippen molar-refractivity contribution in [1.29, 1.82) is 0 Å². The highest BCUT2D eigenvalue weighted by molar-refractivity contribution is 6.30. The molecule has 1 fully saturated rings. The first kappa shape index (κ1) is 18.6. The average Bonchev–Trinajstić information content (AvgIpc) is 2.58. The van der Waals surface area contributed by atoms with Crippen LogP contribution in [0.5, 0.6) is 0 Å². The highest BCUT2D eigenvalue weighted by atomic mass is 35.5. The van der Waals surface area contributed by atoms with Gasteiger partial charge in [0.2, 0.25) is 5.91 Å². The number of rotatable bonds is 5. The van der Waals surface area contributed by atoms with E-state index < -0.39 is 0 Å². The van der Waals surface area contributed by atoms with Crippen LogP contribution < -0.4 is 10.6 Å². The van der Waals surface area contributed by atoms with Gasteiger partial charge in [0.1, 0.15) is 0 Å². The number of likely N-dealkylation sites (tertiary alicyclic amines) is 1. The minimum atomic E-state index is 0.0147. The molecule has 5 nitrogen and oxygen atoms in total. The summed E-state index contributed by atoms with van der Waals surface area (Å²) in [6.07, 6.45) is 3.67. The number of hydrogen-bond acceptors (Lipinski definition) is 2. The molecule has 0 spiro atoms. The fourth-order valence-corrected chi connectivity index (χ4v) is 2.88. The van der Waals surface area contributed by atoms with Crippen LogP contribution in [0.15, 0.2) is 29.3 Å². The number of anilines is 1. The number of nitrogens with one attached hydrogen (secondary N) is 2. The van der Waals surface area contributed by atoms with E-state index in [0.29, 0.717) is 11.4 Å². The minimum absolute atomic E-state index is 0.0147. The SMILES string of the molecule is CN=C(NCCCC(=O)Nc1ccc(Cl)cc1)N1CCC(C)CC1. The van der Waals surface area contributed by atoms with Crippen LogP contribution >= 0.6 is 11.6 Å². The maximum atomic E-state index is 11.9. The van der Waals surface area contributed by atoms with E-state index in [4.69, 9.17) is 11.6 Å². The molecule has 1 aliphatic rings. The molecule has 0 saturated carbocycles. The third-order valence-electron chi connectivity index (χ3n) is 4.29. The molecule has 1 aromatic carbocycles. The summed E-state index contributed by atoms with van der Waals surface area (Å²) in [5.41, 5.74) is 0.774. The molecule has 1 amide bonds. The van der Waals surface area contributed by atoms with Crippen molar-refractivity contribution in [3.63, 3.8) is 0 Å². The van der Waals surface area contributed by atoms with E-state index in [1.54, 1.807) is 24.3 Å². The summed E-state index contributed by atoms with van der Waals surface area (Å²) in [6.45, 7) is 5.15. The number of nitrogens with zero attached hydrogens (tertiary/aromatic N) is 2. The van der Waals surface area contributed by atoms with Gasteiger partial charge in [0.05, 0.1) is 0 Å². The average molecular weight is 351 g/mol. The fraction of sp³-hybridized carbons (Fsp3) is 0.556. The summed E-state index contributed by atoms with van der Waals surface area (Å²) in [5.74, 6) is 1.76. The monoisotopic (exact) mass is 350 g/mol. The number of amides is 1. The van der Waals surface area contributed by atoms with Gasteiger partial charge in [0, 0.05) is 43.8 Å². The molecule has 1 aliphatic heterocycles. The Bertz CT molecular complexity index is 551. The molecule has 0 aliphatic carbocycles. The van der Waals surface area contributed by atoms with Gasteiger partial charge in [-0.15, -0.1) is 0 Å². The third kappa shape index (κ3) is 6.04. The quantitative estimate of drug-likeness (QED) is 0.486. The molecule has 2 N–H and O–H groups in total. The molecule has 6 heteroatoms. The van der Waals surface area contributed by atoms with Crippen molar-refractivity contribution in [2.24, 2.45) is 10.9 Å². The normalized spacial score (nSPS) is 16.1. The number of guanidine groups is 1. The van der Waals surface area contributed by atoms with E-state index in [0.717, 1.165) is 43.6 Å². The molecule has 0 radical (unpaired) electrons. The zero-order valence-electron chi connectivity index (χ0n) is 14.5. The van der Waals surface area contributed by atoms with Crippen molar-refractivity contribution in [1.82, 2.24) is 10.2 Å². The summed E-state index contributed by atoms with van der Waals surface area (Å²) >= 11 is 5.83. The Balaban J connectivity index is 1.66. The Morgan fingerprint density at radius 2 is 1.96 bits per heavy atom. The summed E-state index contributed by atoms with van der Waals surface area (Å²) < 4.78 is 0. The van der Waals surface area contributed by atoms with Crippen molar-refractivity contribution >= 4 is 29.2 Å². The van der Waals surface area contributed by atoms with Crippen LogP contribution in [0.4, 0.5) is 5.69 Å². The number of carbonyl (C=O) groups excluding carboxylic acids is 1. The van der Waals surface area contributed by atoms with Crippen molar-refractivity contribution in [3.8, 4) is 0 Å². The smallest absolute Gasteiger partial charge is 0.224 e. The van der Waals surface area contributed by atoms with E-state index >= 15 is 0 Å². The molecule has 1 saturated heterocycles. The molecule has 2 rings (SSSR count). The van der Waals surface area contributed by atoms with E-state index in [1.807, 2.05) is 7.05 Å². The molecule has 132 valence electrons. The van der Waals surface area contributed by atoms with Crippen molar-refractivity contribution < 1.29 is 4.79 Å². The Morgan fingerprint density at radius 1 is 1.29 bits per heavy atom. The van der Waals surface area contributed by atoms with Gasteiger partial charge in [-0.25, -0.2) is 0 Å². The Hall–Kier alpha value is -1.75. The zero-order valence-corrected chi connectivity index (χ0v) is 15.3. The molecule has 1 heterocycles. The summed E-state index contributed by atoms with van der Waals surface area (Å²) in [4.78, 5) is 18.6. The predicted molar refractivity (Wildman–Crippen MR) is 101 cm³/mol. The maximum Gasteiger partial charge on any atom is 0.224 e. The summed E-state index contributed by atoms with van der Waals surface area (Å²) in [7, 11) is 1.81. The van der Waals surface area contributed by atoms with E-state index in [-0.39, 0.29) is 5.91 Å². The topological polar surface area (TPSA) is 56.7 Å². The lowest BCUT2D eigenvalue weighted by Crippen LogP contribution is -2.45. The number of halogens is 1. The molecule has 0 aromatic heterocycles. The fourth-order valence-electron chi connectivity index (χ4n) is 2.76. The van der Waals surface area contributed by atoms with Gasteiger partial charge in [0.25, 0.3) is 0 Å². The lowest BCUT2D eigenvalue weighted by atomic mass is 10.00. The standard InChI is InChI=1S/C18H27ClN4O/c1-14-9-12-23(13-10-14)18(20-2)21-11-3-4-17(24)22-16-7-5-15(19)6-8-16/h5-8,14H,3-4,9-13H2,1-2H3,(H,20,21)(H,22,24). The van der Waals surface area contributed by atoms with Crippen LogP contribution in [0.2, 0.25) is 5.02 Å². The molecule has 1 aromatic rings. The second-order valence-electron chi connectivity index (χ2n) is 6.30. The Labute approximate surface area is 149 Å². The van der Waals surface area contributed by atoms with Gasteiger partial charge in [-0.1, -0.05) is 18.5 Å². The van der Waals surface area contributed by atoms with Gasteiger partial charge in [-0.3, -0.25) is 9.79 Å². The molecular formula is C18H27ClN4O. The Morgan fingerprint density at radius 3 is 2.58 bits per heavy atom. The first-order valence-corrected chi connectivity index (χ1v) is 8.97. The first-order chi connectivity index (χ1) is 11.6. The predicted octanol–water partition coefficient (Wildman–Crippen LogP) is 3.37. The number of benzene rings is 1. The molecule has 24 heavy (non-hydrogen) atoms. The van der Waals surface area contributed by atoms with Gasteiger partial charge < -0.3 is 15.5 Å². The number of hydrogen-bond donors (Lipinski definition) is 2. The molecule has 0 atom stereocenters.